The van der Waals surface area contributed by atoms with E-state index in [-0.39, 0.29) is 29.6 Å². The van der Waals surface area contributed by atoms with Gasteiger partial charge in [0.15, 0.2) is 11.7 Å². The van der Waals surface area contributed by atoms with Gasteiger partial charge in [-0.25, -0.2) is 14.4 Å². The topological polar surface area (TPSA) is 117 Å². The van der Waals surface area contributed by atoms with Crippen molar-refractivity contribution in [1.29, 1.82) is 0 Å². The molecule has 2 aromatic heterocycles. The van der Waals surface area contributed by atoms with Gasteiger partial charge in [0.2, 0.25) is 0 Å². The zero-order valence-electron chi connectivity index (χ0n) is 13.2. The molecule has 1 amide bonds. The Labute approximate surface area is 142 Å². The van der Waals surface area contributed by atoms with Crippen molar-refractivity contribution in [2.45, 2.75) is 37.8 Å². The highest BCUT2D eigenvalue weighted by atomic mass is 19.1. The number of H-pyrrole nitrogens is 1. The lowest BCUT2D eigenvalue weighted by molar-refractivity contribution is 0.0884. The summed E-state index contributed by atoms with van der Waals surface area (Å²) in [5, 5.41) is 12.2. The number of pyridine rings is 1. The number of aromatic amines is 1. The normalized spacial score (nSPS) is 20.0. The molecular formula is C16H17FN4O4. The molecule has 132 valence electrons. The van der Waals surface area contributed by atoms with Gasteiger partial charge in [0, 0.05) is 18.2 Å². The number of carbonyl (C=O) groups excluding carboxylic acids is 1. The number of carbonyl (C=O) groups is 1. The second-order valence-electron chi connectivity index (χ2n) is 5.87. The zero-order valence-corrected chi connectivity index (χ0v) is 13.2. The van der Waals surface area contributed by atoms with Gasteiger partial charge in [-0.05, 0) is 25.7 Å². The van der Waals surface area contributed by atoms with Gasteiger partial charge in [0.1, 0.15) is 6.10 Å². The third-order valence-electron chi connectivity index (χ3n) is 3.97. The predicted octanol–water partition coefficient (Wildman–Crippen LogP) is 1.13. The first-order valence-electron chi connectivity index (χ1n) is 7.88. The van der Waals surface area contributed by atoms with E-state index in [2.05, 4.69) is 20.3 Å². The number of hydrogen-bond donors (Lipinski definition) is 3. The maximum absolute atomic E-state index is 12.8. The molecule has 1 fully saturated rings. The molecule has 9 heteroatoms. The van der Waals surface area contributed by atoms with Crippen LogP contribution in [0.25, 0.3) is 0 Å². The molecule has 0 bridgehead atoms. The zero-order chi connectivity index (χ0) is 17.8. The van der Waals surface area contributed by atoms with Gasteiger partial charge in [0.25, 0.3) is 11.5 Å². The van der Waals surface area contributed by atoms with E-state index in [1.54, 1.807) is 0 Å². The average Bonchev–Trinajstić information content (AvgIpc) is 2.58. The van der Waals surface area contributed by atoms with Gasteiger partial charge in [-0.15, -0.1) is 0 Å². The number of aromatic hydroxyl groups is 1. The van der Waals surface area contributed by atoms with Crippen molar-refractivity contribution < 1.29 is 19.0 Å². The van der Waals surface area contributed by atoms with Crippen LogP contribution in [0.2, 0.25) is 0 Å². The Kier molecular flexibility index (Phi) is 4.92. The Bertz CT molecular complexity index is 801. The fraction of sp³-hybridized carbons (Fsp3) is 0.375. The smallest absolute Gasteiger partial charge is 0.316 e. The van der Waals surface area contributed by atoms with Crippen molar-refractivity contribution in [3.05, 3.63) is 46.3 Å². The average molecular weight is 348 g/mol. The third kappa shape index (κ3) is 4.52. The molecule has 1 saturated carbocycles. The molecule has 2 aromatic rings. The number of halogens is 1. The van der Waals surface area contributed by atoms with E-state index >= 15 is 0 Å². The minimum Gasteiger partial charge on any atom is -0.494 e. The Hall–Kier alpha value is -2.97. The van der Waals surface area contributed by atoms with Crippen LogP contribution >= 0.6 is 0 Å². The highest BCUT2D eigenvalue weighted by Crippen LogP contribution is 2.22. The molecule has 0 aliphatic heterocycles. The lowest BCUT2D eigenvalue weighted by atomic mass is 9.93. The number of hydrogen-bond acceptors (Lipinski definition) is 6. The summed E-state index contributed by atoms with van der Waals surface area (Å²) >= 11 is 0. The van der Waals surface area contributed by atoms with E-state index in [0.29, 0.717) is 25.7 Å². The second-order valence-corrected chi connectivity index (χ2v) is 5.87. The van der Waals surface area contributed by atoms with Crippen molar-refractivity contribution in [3.63, 3.8) is 0 Å². The molecule has 8 nitrogen and oxygen atoms in total. The van der Waals surface area contributed by atoms with Crippen molar-refractivity contribution >= 4 is 5.91 Å². The van der Waals surface area contributed by atoms with Crippen molar-refractivity contribution in [2.75, 3.05) is 0 Å². The van der Waals surface area contributed by atoms with Gasteiger partial charge in [-0.3, -0.25) is 14.6 Å². The molecule has 25 heavy (non-hydrogen) atoms. The first-order chi connectivity index (χ1) is 12.0. The summed E-state index contributed by atoms with van der Waals surface area (Å²) in [7, 11) is 0. The van der Waals surface area contributed by atoms with Crippen LogP contribution in [0.4, 0.5) is 4.39 Å². The van der Waals surface area contributed by atoms with Crippen LogP contribution in [-0.2, 0) is 0 Å². The predicted molar refractivity (Wildman–Crippen MR) is 84.9 cm³/mol. The number of nitrogens with one attached hydrogen (secondary N) is 2. The van der Waals surface area contributed by atoms with Crippen LogP contribution in [-0.4, -0.2) is 38.1 Å². The monoisotopic (exact) mass is 348 g/mol. The molecule has 0 atom stereocenters. The highest BCUT2D eigenvalue weighted by molar-refractivity contribution is 5.94. The lowest BCUT2D eigenvalue weighted by Crippen LogP contribution is -2.40. The molecule has 3 N–H and O–H groups in total. The SMILES string of the molecule is O=C(NC1CCC(Oc2ncc(F)cn2)CC1)c1cc(O)[nH]c(=O)c1. The second kappa shape index (κ2) is 7.29. The van der Waals surface area contributed by atoms with Gasteiger partial charge >= 0.3 is 6.01 Å². The highest BCUT2D eigenvalue weighted by Gasteiger charge is 2.24. The van der Waals surface area contributed by atoms with Crippen LogP contribution in [0.3, 0.4) is 0 Å². The fourth-order valence-electron chi connectivity index (χ4n) is 2.76. The van der Waals surface area contributed by atoms with Crippen molar-refractivity contribution in [3.8, 4) is 11.9 Å². The number of amides is 1. The first-order valence-corrected chi connectivity index (χ1v) is 7.88. The standard InChI is InChI=1S/C16H17FN4O4/c17-10-7-18-16(19-8-10)25-12-3-1-11(2-4-12)20-15(24)9-5-13(22)21-14(23)6-9/h5-8,11-12H,1-4H2,(H,20,24)(H2,21,22,23). The summed E-state index contributed by atoms with van der Waals surface area (Å²) in [4.78, 5) is 33.2. The molecule has 0 radical (unpaired) electrons. The van der Waals surface area contributed by atoms with Crippen LogP contribution in [0, 0.1) is 5.82 Å². The Morgan fingerprint density at radius 3 is 2.56 bits per heavy atom. The number of aromatic nitrogens is 3. The first kappa shape index (κ1) is 16.9. The van der Waals surface area contributed by atoms with Crippen LogP contribution in [0.5, 0.6) is 11.9 Å². The minimum absolute atomic E-state index is 0.0529. The maximum atomic E-state index is 12.8. The summed E-state index contributed by atoms with van der Waals surface area (Å²) in [6.45, 7) is 0. The number of nitrogens with zero attached hydrogens (tertiary/aromatic N) is 2. The van der Waals surface area contributed by atoms with E-state index in [0.717, 1.165) is 18.5 Å². The minimum atomic E-state index is -0.540. The molecule has 0 aromatic carbocycles. The largest absolute Gasteiger partial charge is 0.494 e. The Morgan fingerprint density at radius 1 is 1.24 bits per heavy atom. The molecule has 0 unspecified atom stereocenters. The van der Waals surface area contributed by atoms with Gasteiger partial charge < -0.3 is 15.2 Å². The molecule has 0 saturated heterocycles. The van der Waals surface area contributed by atoms with E-state index < -0.39 is 17.3 Å². The molecular weight excluding hydrogens is 331 g/mol. The number of rotatable bonds is 4. The Morgan fingerprint density at radius 2 is 1.92 bits per heavy atom. The van der Waals surface area contributed by atoms with Gasteiger partial charge in [-0.2, -0.15) is 0 Å². The summed E-state index contributed by atoms with van der Waals surface area (Å²) in [5.74, 6) is -1.29. The summed E-state index contributed by atoms with van der Waals surface area (Å²) in [6.07, 6.45) is 4.75. The maximum Gasteiger partial charge on any atom is 0.316 e. The molecule has 0 spiro atoms. The van der Waals surface area contributed by atoms with Crippen LogP contribution < -0.4 is 15.6 Å². The molecule has 1 aliphatic rings. The van der Waals surface area contributed by atoms with Crippen LogP contribution in [0.15, 0.2) is 29.3 Å². The quantitative estimate of drug-likeness (QED) is 0.762. The molecule has 2 heterocycles. The Balaban J connectivity index is 1.51. The fourth-order valence-corrected chi connectivity index (χ4v) is 2.76. The number of ether oxygens (including phenoxy) is 1. The third-order valence-corrected chi connectivity index (χ3v) is 3.97. The summed E-state index contributed by atoms with van der Waals surface area (Å²) < 4.78 is 18.4. The van der Waals surface area contributed by atoms with Crippen molar-refractivity contribution in [1.82, 2.24) is 20.3 Å². The van der Waals surface area contributed by atoms with Gasteiger partial charge in [-0.1, -0.05) is 0 Å². The van der Waals surface area contributed by atoms with E-state index in [9.17, 15) is 19.1 Å². The lowest BCUT2D eigenvalue weighted by Gasteiger charge is -2.28. The van der Waals surface area contributed by atoms with Gasteiger partial charge in [0.05, 0.1) is 18.0 Å². The van der Waals surface area contributed by atoms with E-state index in [4.69, 9.17) is 4.74 Å². The van der Waals surface area contributed by atoms with Crippen LogP contribution in [0.1, 0.15) is 36.0 Å². The van der Waals surface area contributed by atoms with Crippen molar-refractivity contribution in [2.24, 2.45) is 0 Å². The summed E-state index contributed by atoms with van der Waals surface area (Å²) in [6, 6.07) is 2.42. The van der Waals surface area contributed by atoms with E-state index in [1.807, 2.05) is 0 Å². The molecule has 3 rings (SSSR count). The summed E-state index contributed by atoms with van der Waals surface area (Å²) in [5.41, 5.74) is -0.430. The molecule has 1 aliphatic carbocycles. The van der Waals surface area contributed by atoms with E-state index in [1.165, 1.54) is 6.07 Å².